The van der Waals surface area contributed by atoms with E-state index in [9.17, 15) is 0 Å². The van der Waals surface area contributed by atoms with Crippen LogP contribution >= 0.6 is 0 Å². The van der Waals surface area contributed by atoms with E-state index in [1.807, 2.05) is 0 Å². The highest BCUT2D eigenvalue weighted by Crippen LogP contribution is 2.47. The minimum Gasteiger partial charge on any atom is -0.456 e. The molecule has 272 valence electrons. The number of benzene rings is 12. The van der Waals surface area contributed by atoms with Gasteiger partial charge in [-0.1, -0.05) is 170 Å². The van der Waals surface area contributed by atoms with Crippen LogP contribution in [0.5, 0.6) is 0 Å². The zero-order valence-corrected chi connectivity index (χ0v) is 32.0. The molecule has 0 atom stereocenters. The average Bonchev–Trinajstić information content (AvgIpc) is 3.68. The molecule has 0 bridgehead atoms. The second kappa shape index (κ2) is 12.4. The lowest BCUT2D eigenvalue weighted by Crippen LogP contribution is -1.92. The first kappa shape index (κ1) is 32.4. The monoisotopic (exact) mass is 746 g/mol. The van der Waals surface area contributed by atoms with Gasteiger partial charge in [0.2, 0.25) is 0 Å². The van der Waals surface area contributed by atoms with Gasteiger partial charge in [0.1, 0.15) is 11.2 Å². The summed E-state index contributed by atoms with van der Waals surface area (Å²) in [5.74, 6) is 0. The molecule has 0 spiro atoms. The lowest BCUT2D eigenvalue weighted by Gasteiger charge is -2.19. The Bertz CT molecular complexity index is 3850. The van der Waals surface area contributed by atoms with Crippen molar-refractivity contribution >= 4 is 97.3 Å². The van der Waals surface area contributed by atoms with E-state index in [0.717, 1.165) is 16.6 Å². The molecule has 1 nitrogen and oxygen atoms in total. The summed E-state index contributed by atoms with van der Waals surface area (Å²) < 4.78 is 6.62. The Kier molecular flexibility index (Phi) is 6.79. The molecule has 1 heterocycles. The predicted molar refractivity (Wildman–Crippen MR) is 253 cm³/mol. The Labute approximate surface area is 340 Å². The van der Waals surface area contributed by atoms with E-state index in [1.165, 1.54) is 114 Å². The van der Waals surface area contributed by atoms with Crippen molar-refractivity contribution in [3.05, 3.63) is 206 Å². The zero-order chi connectivity index (χ0) is 38.6. The normalized spacial score (nSPS) is 12.1. The van der Waals surface area contributed by atoms with Crippen molar-refractivity contribution in [3.63, 3.8) is 0 Å². The van der Waals surface area contributed by atoms with E-state index in [-0.39, 0.29) is 0 Å². The molecule has 0 N–H and O–H groups in total. The van der Waals surface area contributed by atoms with Gasteiger partial charge in [0.25, 0.3) is 0 Å². The molecule has 13 rings (SSSR count). The second-order valence-corrected chi connectivity index (χ2v) is 15.9. The molecule has 12 aromatic carbocycles. The van der Waals surface area contributed by atoms with Crippen LogP contribution in [0.2, 0.25) is 0 Å². The fourth-order valence-corrected chi connectivity index (χ4v) is 10.1. The summed E-state index contributed by atoms with van der Waals surface area (Å²) in [6.45, 7) is 0. The molecule has 0 radical (unpaired) electrons. The Morgan fingerprint density at radius 1 is 0.220 bits per heavy atom. The number of fused-ring (bicyclic) bond motifs is 14. The molecule has 59 heavy (non-hydrogen) atoms. The molecule has 0 fully saturated rings. The third kappa shape index (κ3) is 4.79. The van der Waals surface area contributed by atoms with Crippen molar-refractivity contribution in [2.75, 3.05) is 0 Å². The number of hydrogen-bond acceptors (Lipinski definition) is 1. The third-order valence-corrected chi connectivity index (χ3v) is 12.8. The van der Waals surface area contributed by atoms with Gasteiger partial charge in [0, 0.05) is 10.8 Å². The molecule has 0 aliphatic rings. The van der Waals surface area contributed by atoms with Gasteiger partial charge in [-0.05, 0) is 145 Å². The van der Waals surface area contributed by atoms with Crippen molar-refractivity contribution in [2.24, 2.45) is 0 Å². The molecule has 0 saturated heterocycles. The summed E-state index contributed by atoms with van der Waals surface area (Å²) in [6.07, 6.45) is 0. The lowest BCUT2D eigenvalue weighted by molar-refractivity contribution is 0.670. The molecule has 0 aliphatic heterocycles. The molecule has 0 aliphatic carbocycles. The number of hydrogen-bond donors (Lipinski definition) is 0. The van der Waals surface area contributed by atoms with Crippen molar-refractivity contribution in [1.82, 2.24) is 0 Å². The topological polar surface area (TPSA) is 13.1 Å². The summed E-state index contributed by atoms with van der Waals surface area (Å²) in [5.41, 5.74) is 9.24. The fraction of sp³-hybridized carbons (Fsp3) is 0. The van der Waals surface area contributed by atoms with Crippen molar-refractivity contribution in [3.8, 4) is 33.4 Å². The summed E-state index contributed by atoms with van der Waals surface area (Å²) in [6, 6.07) is 75.9. The van der Waals surface area contributed by atoms with Gasteiger partial charge in [0.15, 0.2) is 0 Å². The van der Waals surface area contributed by atoms with E-state index in [2.05, 4.69) is 206 Å². The fourth-order valence-electron chi connectivity index (χ4n) is 10.1. The maximum Gasteiger partial charge on any atom is 0.136 e. The van der Waals surface area contributed by atoms with Crippen LogP contribution in [0.15, 0.2) is 211 Å². The van der Waals surface area contributed by atoms with E-state index >= 15 is 0 Å². The minimum atomic E-state index is 0.918. The average molecular weight is 747 g/mol. The smallest absolute Gasteiger partial charge is 0.136 e. The highest BCUT2D eigenvalue weighted by Gasteiger charge is 2.20. The molecule has 0 unspecified atom stereocenters. The first-order chi connectivity index (χ1) is 29.2. The minimum absolute atomic E-state index is 0.918. The van der Waals surface area contributed by atoms with Gasteiger partial charge < -0.3 is 4.42 Å². The third-order valence-electron chi connectivity index (χ3n) is 12.8. The molecular weight excluding hydrogens is 713 g/mol. The molecule has 1 aromatic heterocycles. The van der Waals surface area contributed by atoms with Crippen LogP contribution in [0.25, 0.3) is 131 Å². The largest absolute Gasteiger partial charge is 0.456 e. The van der Waals surface area contributed by atoms with Crippen LogP contribution in [0.3, 0.4) is 0 Å². The Balaban J connectivity index is 1.05. The van der Waals surface area contributed by atoms with Crippen LogP contribution in [0.1, 0.15) is 0 Å². The van der Waals surface area contributed by atoms with Gasteiger partial charge >= 0.3 is 0 Å². The summed E-state index contributed by atoms with van der Waals surface area (Å²) in [7, 11) is 0. The zero-order valence-electron chi connectivity index (χ0n) is 32.0. The maximum atomic E-state index is 6.62. The van der Waals surface area contributed by atoms with Crippen molar-refractivity contribution in [2.45, 2.75) is 0 Å². The van der Waals surface area contributed by atoms with Crippen molar-refractivity contribution in [1.29, 1.82) is 0 Å². The molecular formula is C58H34O. The van der Waals surface area contributed by atoms with Gasteiger partial charge in [-0.2, -0.15) is 0 Å². The number of furan rings is 1. The molecule has 0 saturated carbocycles. The van der Waals surface area contributed by atoms with Crippen LogP contribution in [-0.2, 0) is 0 Å². The summed E-state index contributed by atoms with van der Waals surface area (Å²) >= 11 is 0. The van der Waals surface area contributed by atoms with Crippen LogP contribution < -0.4 is 0 Å². The maximum absolute atomic E-state index is 6.62. The van der Waals surface area contributed by atoms with E-state index in [4.69, 9.17) is 4.42 Å². The van der Waals surface area contributed by atoms with Crippen molar-refractivity contribution < 1.29 is 4.42 Å². The van der Waals surface area contributed by atoms with E-state index in [1.54, 1.807) is 0 Å². The SMILES string of the molecule is c1cc(-c2ccc3ccccc3c2)cc(-c2c3ccccc3c(-c3ccc4c(c3)c3ccccc3c3cc5c(cc43)oc3ccc4ccccc4c35)c3ccccc23)c1. The summed E-state index contributed by atoms with van der Waals surface area (Å²) in [4.78, 5) is 0. The Hall–Kier alpha value is -7.74. The standard InChI is InChI=1S/C58H34O/c1-2-14-37-30-39(25-24-35(37)12-1)38-15-11-16-40(31-38)56-46-20-7-9-22-48(46)57(49-23-10-8-21-47(49)56)41-26-28-45-50(32-41)43-18-5-6-19-44(43)51-33-53-55(34-52(45)51)59-54-29-27-36-13-3-4-17-42(36)58(53)54/h1-34H. The van der Waals surface area contributed by atoms with Gasteiger partial charge in [-0.25, -0.2) is 0 Å². The van der Waals surface area contributed by atoms with E-state index < -0.39 is 0 Å². The summed E-state index contributed by atoms with van der Waals surface area (Å²) in [5, 5.41) is 19.7. The molecule has 13 aromatic rings. The van der Waals surface area contributed by atoms with E-state index in [0.29, 0.717) is 0 Å². The predicted octanol–water partition coefficient (Wildman–Crippen LogP) is 16.7. The highest BCUT2D eigenvalue weighted by atomic mass is 16.3. The van der Waals surface area contributed by atoms with Gasteiger partial charge in [0.05, 0.1) is 0 Å². The van der Waals surface area contributed by atoms with Crippen LogP contribution in [0, 0.1) is 0 Å². The lowest BCUT2D eigenvalue weighted by atomic mass is 9.84. The first-order valence-corrected chi connectivity index (χ1v) is 20.4. The van der Waals surface area contributed by atoms with Gasteiger partial charge in [-0.3, -0.25) is 0 Å². The molecule has 1 heteroatoms. The molecule has 0 amide bonds. The Morgan fingerprint density at radius 2 is 0.712 bits per heavy atom. The second-order valence-electron chi connectivity index (χ2n) is 15.9. The quantitative estimate of drug-likeness (QED) is 0.130. The van der Waals surface area contributed by atoms with Crippen LogP contribution in [0.4, 0.5) is 0 Å². The number of rotatable bonds is 3. The van der Waals surface area contributed by atoms with Crippen LogP contribution in [-0.4, -0.2) is 0 Å². The highest BCUT2D eigenvalue weighted by molar-refractivity contribution is 6.31. The Morgan fingerprint density at radius 3 is 1.42 bits per heavy atom. The first-order valence-electron chi connectivity index (χ1n) is 20.4. The van der Waals surface area contributed by atoms with Gasteiger partial charge in [-0.15, -0.1) is 0 Å².